The van der Waals surface area contributed by atoms with Crippen molar-refractivity contribution in [3.05, 3.63) is 53.1 Å². The summed E-state index contributed by atoms with van der Waals surface area (Å²) in [6, 6.07) is 14.0. The van der Waals surface area contributed by atoms with E-state index >= 15 is 0 Å². The van der Waals surface area contributed by atoms with Crippen LogP contribution in [-0.4, -0.2) is 44.3 Å². The van der Waals surface area contributed by atoms with Crippen LogP contribution in [0.5, 0.6) is 11.5 Å². The van der Waals surface area contributed by atoms with Crippen molar-refractivity contribution in [1.82, 2.24) is 15.8 Å². The second kappa shape index (κ2) is 9.77. The number of carbonyl (C=O) groups is 1. The lowest BCUT2D eigenvalue weighted by Gasteiger charge is -2.34. The molecule has 2 unspecified atom stereocenters. The van der Waals surface area contributed by atoms with Gasteiger partial charge < -0.3 is 19.7 Å². The van der Waals surface area contributed by atoms with E-state index in [1.54, 1.807) is 32.4 Å². The van der Waals surface area contributed by atoms with Gasteiger partial charge in [-0.3, -0.25) is 10.9 Å². The molecule has 166 valence electrons. The zero-order chi connectivity index (χ0) is 21.8. The molecule has 2 aromatic carbocycles. The molecule has 0 spiro atoms. The van der Waals surface area contributed by atoms with Crippen molar-refractivity contribution in [1.29, 1.82) is 0 Å². The number of benzene rings is 2. The number of hydrazine groups is 1. The quantitative estimate of drug-likeness (QED) is 0.644. The van der Waals surface area contributed by atoms with Crippen LogP contribution in [0.2, 0.25) is 5.02 Å². The molecule has 31 heavy (non-hydrogen) atoms. The van der Waals surface area contributed by atoms with Crippen LogP contribution in [0, 0.1) is 5.92 Å². The maximum Gasteiger partial charge on any atom is 0.321 e. The Kier molecular flexibility index (Phi) is 6.85. The van der Waals surface area contributed by atoms with E-state index in [0.29, 0.717) is 28.4 Å². The number of rotatable bonds is 5. The number of amides is 2. The second-order valence-corrected chi connectivity index (χ2v) is 8.47. The SMILES string of the molecule is COc1cccc(C2CC(C3CCN(C(=O)Nc4ccc(OC)c(Cl)c4)CC3)NN2)c1. The number of carbonyl (C=O) groups excluding carboxylic acids is 1. The maximum atomic E-state index is 12.7. The highest BCUT2D eigenvalue weighted by Gasteiger charge is 2.34. The number of hydrogen-bond acceptors (Lipinski definition) is 5. The first kappa shape index (κ1) is 21.7. The molecule has 0 radical (unpaired) electrons. The number of hydrogen-bond donors (Lipinski definition) is 3. The molecule has 2 saturated heterocycles. The van der Waals surface area contributed by atoms with E-state index in [1.807, 2.05) is 17.0 Å². The molecule has 2 heterocycles. The average molecular weight is 445 g/mol. The standard InChI is InChI=1S/C23H29ClN4O3/c1-30-18-5-3-4-16(12-18)21-14-20(26-27-21)15-8-10-28(11-9-15)23(29)25-17-6-7-22(31-2)19(24)13-17/h3-7,12-13,15,20-21,26-27H,8-11,14H2,1-2H3,(H,25,29). The molecular formula is C23H29ClN4O3. The van der Waals surface area contributed by atoms with Crippen LogP contribution in [-0.2, 0) is 0 Å². The Balaban J connectivity index is 1.27. The molecule has 0 bridgehead atoms. The summed E-state index contributed by atoms with van der Waals surface area (Å²) < 4.78 is 10.5. The largest absolute Gasteiger partial charge is 0.497 e. The summed E-state index contributed by atoms with van der Waals surface area (Å²) in [5.74, 6) is 1.99. The molecule has 0 aliphatic carbocycles. The molecule has 7 nitrogen and oxygen atoms in total. The molecular weight excluding hydrogens is 416 g/mol. The first-order valence-electron chi connectivity index (χ1n) is 10.6. The van der Waals surface area contributed by atoms with E-state index in [2.05, 4.69) is 28.3 Å². The Morgan fingerprint density at radius 3 is 2.61 bits per heavy atom. The third-order valence-corrected chi connectivity index (χ3v) is 6.52. The number of halogens is 1. The summed E-state index contributed by atoms with van der Waals surface area (Å²) in [6.07, 6.45) is 2.97. The number of piperidine rings is 1. The smallest absolute Gasteiger partial charge is 0.321 e. The maximum absolute atomic E-state index is 12.7. The van der Waals surface area contributed by atoms with Crippen molar-refractivity contribution in [2.24, 2.45) is 5.92 Å². The Hall–Kier alpha value is -2.48. The molecule has 8 heteroatoms. The van der Waals surface area contributed by atoms with Crippen LogP contribution >= 0.6 is 11.6 Å². The lowest BCUT2D eigenvalue weighted by Crippen LogP contribution is -2.45. The predicted octanol–water partition coefficient (Wildman–Crippen LogP) is 4.21. The summed E-state index contributed by atoms with van der Waals surface area (Å²) in [7, 11) is 3.26. The fraction of sp³-hybridized carbons (Fsp3) is 0.435. The van der Waals surface area contributed by atoms with E-state index in [4.69, 9.17) is 21.1 Å². The number of likely N-dealkylation sites (tertiary alicyclic amines) is 1. The Morgan fingerprint density at radius 2 is 1.90 bits per heavy atom. The second-order valence-electron chi connectivity index (χ2n) is 8.06. The summed E-state index contributed by atoms with van der Waals surface area (Å²) >= 11 is 6.15. The molecule has 4 rings (SSSR count). The molecule has 0 saturated carbocycles. The van der Waals surface area contributed by atoms with Gasteiger partial charge in [-0.25, -0.2) is 4.79 Å². The van der Waals surface area contributed by atoms with Gasteiger partial charge >= 0.3 is 6.03 Å². The first-order valence-corrected chi connectivity index (χ1v) is 11.0. The third-order valence-electron chi connectivity index (χ3n) is 6.23. The number of urea groups is 1. The van der Waals surface area contributed by atoms with Gasteiger partial charge in [0.15, 0.2) is 0 Å². The van der Waals surface area contributed by atoms with Crippen LogP contribution in [0.25, 0.3) is 0 Å². The normalized spacial score (nSPS) is 21.7. The molecule has 0 aromatic heterocycles. The summed E-state index contributed by atoms with van der Waals surface area (Å²) in [6.45, 7) is 1.48. The Bertz CT molecular complexity index is 917. The van der Waals surface area contributed by atoms with Gasteiger partial charge in [-0.05, 0) is 61.1 Å². The van der Waals surface area contributed by atoms with Crippen molar-refractivity contribution >= 4 is 23.3 Å². The monoisotopic (exact) mass is 444 g/mol. The van der Waals surface area contributed by atoms with Crippen LogP contribution in [0.4, 0.5) is 10.5 Å². The van der Waals surface area contributed by atoms with E-state index < -0.39 is 0 Å². The van der Waals surface area contributed by atoms with E-state index in [1.165, 1.54) is 5.56 Å². The molecule has 2 aromatic rings. The minimum Gasteiger partial charge on any atom is -0.497 e. The lowest BCUT2D eigenvalue weighted by atomic mass is 9.86. The fourth-order valence-corrected chi connectivity index (χ4v) is 4.68. The highest BCUT2D eigenvalue weighted by Crippen LogP contribution is 2.32. The van der Waals surface area contributed by atoms with Crippen LogP contribution in [0.3, 0.4) is 0 Å². The number of ether oxygens (including phenoxy) is 2. The van der Waals surface area contributed by atoms with Gasteiger partial charge in [0.2, 0.25) is 0 Å². The number of anilines is 1. The number of methoxy groups -OCH3 is 2. The molecule has 3 N–H and O–H groups in total. The highest BCUT2D eigenvalue weighted by molar-refractivity contribution is 6.32. The lowest BCUT2D eigenvalue weighted by molar-refractivity contribution is 0.169. The van der Waals surface area contributed by atoms with Gasteiger partial charge in [0.05, 0.1) is 19.2 Å². The van der Waals surface area contributed by atoms with E-state index in [-0.39, 0.29) is 12.1 Å². The molecule has 2 aliphatic heterocycles. The Labute approximate surface area is 188 Å². The van der Waals surface area contributed by atoms with Crippen LogP contribution in [0.1, 0.15) is 30.9 Å². The predicted molar refractivity (Wildman–Crippen MR) is 122 cm³/mol. The zero-order valence-corrected chi connectivity index (χ0v) is 18.6. The molecule has 2 atom stereocenters. The van der Waals surface area contributed by atoms with Gasteiger partial charge in [-0.1, -0.05) is 23.7 Å². The van der Waals surface area contributed by atoms with E-state index in [9.17, 15) is 4.79 Å². The van der Waals surface area contributed by atoms with Gasteiger partial charge in [0.1, 0.15) is 11.5 Å². The van der Waals surface area contributed by atoms with Crippen molar-refractivity contribution in [3.8, 4) is 11.5 Å². The van der Waals surface area contributed by atoms with Crippen molar-refractivity contribution in [3.63, 3.8) is 0 Å². The third kappa shape index (κ3) is 5.06. The molecule has 2 amide bonds. The molecule has 2 fully saturated rings. The van der Waals surface area contributed by atoms with Gasteiger partial charge in [-0.2, -0.15) is 0 Å². The van der Waals surface area contributed by atoms with E-state index in [0.717, 1.165) is 38.1 Å². The minimum absolute atomic E-state index is 0.0913. The van der Waals surface area contributed by atoms with Crippen molar-refractivity contribution in [2.75, 3.05) is 32.6 Å². The van der Waals surface area contributed by atoms with Gasteiger partial charge in [-0.15, -0.1) is 0 Å². The van der Waals surface area contributed by atoms with Gasteiger partial charge in [0.25, 0.3) is 0 Å². The Morgan fingerprint density at radius 1 is 1.10 bits per heavy atom. The molecule has 2 aliphatic rings. The summed E-state index contributed by atoms with van der Waals surface area (Å²) in [5, 5.41) is 3.41. The number of nitrogens with zero attached hydrogens (tertiary/aromatic N) is 1. The zero-order valence-electron chi connectivity index (χ0n) is 17.9. The fourth-order valence-electron chi connectivity index (χ4n) is 4.42. The van der Waals surface area contributed by atoms with Crippen molar-refractivity contribution < 1.29 is 14.3 Å². The highest BCUT2D eigenvalue weighted by atomic mass is 35.5. The van der Waals surface area contributed by atoms with Crippen molar-refractivity contribution in [2.45, 2.75) is 31.3 Å². The number of nitrogens with one attached hydrogen (secondary N) is 3. The minimum atomic E-state index is -0.0913. The van der Waals surface area contributed by atoms with Gasteiger partial charge in [0, 0.05) is 30.9 Å². The average Bonchev–Trinajstić information content (AvgIpc) is 3.30. The first-order chi connectivity index (χ1) is 15.1. The topological polar surface area (TPSA) is 74.9 Å². The summed E-state index contributed by atoms with van der Waals surface area (Å²) in [5.41, 5.74) is 8.80. The summed E-state index contributed by atoms with van der Waals surface area (Å²) in [4.78, 5) is 14.5. The van der Waals surface area contributed by atoms with Crippen LogP contribution in [0.15, 0.2) is 42.5 Å². The van der Waals surface area contributed by atoms with Crippen LogP contribution < -0.4 is 25.6 Å².